The molecule has 0 saturated carbocycles. The van der Waals surface area contributed by atoms with Crippen molar-refractivity contribution in [3.63, 3.8) is 0 Å². The average Bonchev–Trinajstić information content (AvgIpc) is 2.48. The molecule has 0 spiro atoms. The lowest BCUT2D eigenvalue weighted by Crippen LogP contribution is -2.09. The number of aryl methyl sites for hydroxylation is 2. The van der Waals surface area contributed by atoms with Gasteiger partial charge in [0.25, 0.3) is 0 Å². The molecule has 0 radical (unpaired) electrons. The number of ketones is 1. The first-order valence-electron chi connectivity index (χ1n) is 6.99. The minimum absolute atomic E-state index is 0.0783. The van der Waals surface area contributed by atoms with Crippen molar-refractivity contribution in [2.45, 2.75) is 26.4 Å². The van der Waals surface area contributed by atoms with Gasteiger partial charge in [0.05, 0.1) is 11.3 Å². The van der Waals surface area contributed by atoms with Crippen LogP contribution in [0.2, 0.25) is 0 Å². The highest BCUT2D eigenvalue weighted by Crippen LogP contribution is 2.30. The van der Waals surface area contributed by atoms with Crippen LogP contribution in [0, 0.1) is 13.8 Å². The maximum absolute atomic E-state index is 12.7. The zero-order valence-corrected chi connectivity index (χ0v) is 12.9. The van der Waals surface area contributed by atoms with Crippen LogP contribution in [0.4, 0.5) is 18.9 Å². The monoisotopic (exact) mass is 319 g/mol. The number of rotatable bonds is 4. The molecular formula is C18H16F3NO. The van der Waals surface area contributed by atoms with Crippen molar-refractivity contribution in [3.05, 3.63) is 64.2 Å². The van der Waals surface area contributed by atoms with Crippen LogP contribution in [-0.4, -0.2) is 12.5 Å². The predicted octanol–water partition coefficient (Wildman–Crippen LogP) is 5.08. The van der Waals surface area contributed by atoms with E-state index in [1.54, 1.807) is 19.1 Å². The number of aliphatic imine (C=N–C) groups is 1. The largest absolute Gasteiger partial charge is 0.416 e. The summed E-state index contributed by atoms with van der Waals surface area (Å²) in [6.45, 7) is 7.05. The summed E-state index contributed by atoms with van der Waals surface area (Å²) in [4.78, 5) is 16.3. The predicted molar refractivity (Wildman–Crippen MR) is 84.6 cm³/mol. The van der Waals surface area contributed by atoms with Crippen LogP contribution in [0.5, 0.6) is 0 Å². The fourth-order valence-electron chi connectivity index (χ4n) is 2.41. The first kappa shape index (κ1) is 16.9. The molecule has 2 aromatic carbocycles. The van der Waals surface area contributed by atoms with Gasteiger partial charge in [-0.25, -0.2) is 0 Å². The lowest BCUT2D eigenvalue weighted by atomic mass is 9.96. The normalized spacial score (nSPS) is 11.3. The molecule has 0 unspecified atom stereocenters. The van der Waals surface area contributed by atoms with Crippen molar-refractivity contribution in [1.82, 2.24) is 0 Å². The molecule has 0 aliphatic rings. The summed E-state index contributed by atoms with van der Waals surface area (Å²) in [6, 6.07) is 8.30. The van der Waals surface area contributed by atoms with E-state index in [9.17, 15) is 18.0 Å². The Hall–Kier alpha value is -2.43. The second-order valence-electron chi connectivity index (χ2n) is 5.41. The number of hydrogen-bond acceptors (Lipinski definition) is 2. The Morgan fingerprint density at radius 3 is 2.43 bits per heavy atom. The Labute approximate surface area is 132 Å². The number of carbonyl (C=O) groups is 1. The van der Waals surface area contributed by atoms with E-state index in [0.717, 1.165) is 23.3 Å². The van der Waals surface area contributed by atoms with Gasteiger partial charge in [0.1, 0.15) is 0 Å². The first-order valence-corrected chi connectivity index (χ1v) is 6.99. The van der Waals surface area contributed by atoms with E-state index in [4.69, 9.17) is 0 Å². The Kier molecular flexibility index (Phi) is 4.68. The standard InChI is InChI=1S/C18H16F3NO/c1-11-8-16(22-3)12(2)7-15(11)17(23)10-13-5-4-6-14(9-13)18(19,20)21/h4-9H,3,10H2,1-2H3. The van der Waals surface area contributed by atoms with Crippen molar-refractivity contribution in [2.24, 2.45) is 4.99 Å². The zero-order chi connectivity index (χ0) is 17.2. The van der Waals surface area contributed by atoms with Crippen LogP contribution < -0.4 is 0 Å². The third kappa shape index (κ3) is 3.86. The van der Waals surface area contributed by atoms with Gasteiger partial charge in [-0.1, -0.05) is 18.2 Å². The molecule has 0 bridgehead atoms. The minimum Gasteiger partial charge on any atom is -0.294 e. The maximum atomic E-state index is 12.7. The number of nitrogens with zero attached hydrogens (tertiary/aromatic N) is 1. The number of halogens is 3. The van der Waals surface area contributed by atoms with Crippen molar-refractivity contribution >= 4 is 18.2 Å². The van der Waals surface area contributed by atoms with E-state index < -0.39 is 11.7 Å². The molecule has 0 aromatic heterocycles. The van der Waals surface area contributed by atoms with E-state index >= 15 is 0 Å². The summed E-state index contributed by atoms with van der Waals surface area (Å²) in [5.74, 6) is -0.222. The van der Waals surface area contributed by atoms with Crippen LogP contribution in [0.3, 0.4) is 0 Å². The van der Waals surface area contributed by atoms with Gasteiger partial charge in [0.2, 0.25) is 0 Å². The van der Waals surface area contributed by atoms with E-state index in [2.05, 4.69) is 11.7 Å². The third-order valence-electron chi connectivity index (χ3n) is 3.63. The number of alkyl halides is 3. The Bertz CT molecular complexity index is 763. The topological polar surface area (TPSA) is 29.4 Å². The lowest BCUT2D eigenvalue weighted by molar-refractivity contribution is -0.137. The Morgan fingerprint density at radius 1 is 1.13 bits per heavy atom. The van der Waals surface area contributed by atoms with Gasteiger partial charge < -0.3 is 0 Å². The Morgan fingerprint density at radius 2 is 1.83 bits per heavy atom. The molecular weight excluding hydrogens is 303 g/mol. The average molecular weight is 319 g/mol. The van der Waals surface area contributed by atoms with Crippen LogP contribution in [0.15, 0.2) is 41.4 Å². The van der Waals surface area contributed by atoms with Crippen molar-refractivity contribution < 1.29 is 18.0 Å². The molecule has 2 nitrogen and oxygen atoms in total. The van der Waals surface area contributed by atoms with Crippen molar-refractivity contribution in [2.75, 3.05) is 0 Å². The molecule has 120 valence electrons. The number of hydrogen-bond donors (Lipinski definition) is 0. The van der Waals surface area contributed by atoms with Gasteiger partial charge in [0.15, 0.2) is 5.78 Å². The summed E-state index contributed by atoms with van der Waals surface area (Å²) in [6.07, 6.45) is -4.49. The van der Waals surface area contributed by atoms with Gasteiger partial charge in [-0.3, -0.25) is 9.79 Å². The second kappa shape index (κ2) is 6.36. The van der Waals surface area contributed by atoms with Crippen LogP contribution in [-0.2, 0) is 12.6 Å². The lowest BCUT2D eigenvalue weighted by Gasteiger charge is -2.11. The van der Waals surface area contributed by atoms with Crippen LogP contribution >= 0.6 is 0 Å². The van der Waals surface area contributed by atoms with Gasteiger partial charge in [-0.05, 0) is 55.5 Å². The highest BCUT2D eigenvalue weighted by molar-refractivity contribution is 5.99. The first-order chi connectivity index (χ1) is 10.7. The summed E-state index contributed by atoms with van der Waals surface area (Å²) >= 11 is 0. The second-order valence-corrected chi connectivity index (χ2v) is 5.41. The molecule has 0 amide bonds. The summed E-state index contributed by atoms with van der Waals surface area (Å²) in [7, 11) is 0. The smallest absolute Gasteiger partial charge is 0.294 e. The highest BCUT2D eigenvalue weighted by atomic mass is 19.4. The van der Waals surface area contributed by atoms with E-state index in [1.165, 1.54) is 12.1 Å². The molecule has 0 N–H and O–H groups in total. The Balaban J connectivity index is 2.30. The summed E-state index contributed by atoms with van der Waals surface area (Å²) in [5.41, 5.74) is 2.31. The van der Waals surface area contributed by atoms with E-state index in [1.807, 2.05) is 6.92 Å². The molecule has 5 heteroatoms. The third-order valence-corrected chi connectivity index (χ3v) is 3.63. The fraction of sp³-hybridized carbons (Fsp3) is 0.222. The summed E-state index contributed by atoms with van der Waals surface area (Å²) < 4.78 is 38.2. The summed E-state index contributed by atoms with van der Waals surface area (Å²) in [5, 5.41) is 0. The number of carbonyl (C=O) groups excluding carboxylic acids is 1. The fourth-order valence-corrected chi connectivity index (χ4v) is 2.41. The molecule has 0 heterocycles. The minimum atomic E-state index is -4.41. The molecule has 0 saturated heterocycles. The maximum Gasteiger partial charge on any atom is 0.416 e. The zero-order valence-electron chi connectivity index (χ0n) is 12.9. The van der Waals surface area contributed by atoms with Gasteiger partial charge >= 0.3 is 6.18 Å². The van der Waals surface area contributed by atoms with E-state index in [-0.39, 0.29) is 12.2 Å². The molecule has 0 aliphatic carbocycles. The number of benzene rings is 2. The number of Topliss-reactive ketones (excluding diaryl/α,β-unsaturated/α-hetero) is 1. The van der Waals surface area contributed by atoms with Gasteiger partial charge in [-0.15, -0.1) is 0 Å². The molecule has 0 aliphatic heterocycles. The highest BCUT2D eigenvalue weighted by Gasteiger charge is 2.30. The molecule has 0 fully saturated rings. The van der Waals surface area contributed by atoms with Gasteiger partial charge in [0, 0.05) is 12.0 Å². The van der Waals surface area contributed by atoms with Crippen LogP contribution in [0.25, 0.3) is 0 Å². The quantitative estimate of drug-likeness (QED) is 0.571. The molecule has 0 atom stereocenters. The van der Waals surface area contributed by atoms with Crippen LogP contribution in [0.1, 0.15) is 32.6 Å². The van der Waals surface area contributed by atoms with Crippen molar-refractivity contribution in [1.29, 1.82) is 0 Å². The van der Waals surface area contributed by atoms with Crippen molar-refractivity contribution in [3.8, 4) is 0 Å². The molecule has 23 heavy (non-hydrogen) atoms. The van der Waals surface area contributed by atoms with Gasteiger partial charge in [-0.2, -0.15) is 13.2 Å². The molecule has 2 aromatic rings. The van der Waals surface area contributed by atoms with E-state index in [0.29, 0.717) is 16.8 Å². The molecule has 2 rings (SSSR count). The SMILES string of the molecule is C=Nc1cc(C)c(C(=O)Cc2cccc(C(F)(F)F)c2)cc1C.